The third-order valence-electron chi connectivity index (χ3n) is 5.85. The Balaban J connectivity index is 1.60. The van der Waals surface area contributed by atoms with E-state index in [9.17, 15) is 4.79 Å². The SMILES string of the molecule is COCCN1CCC(CN(C)C(=O)c2cccc(-c3cnn(C)c3C)c2)CC1. The molecule has 3 rings (SSSR count). The molecule has 0 bridgehead atoms. The van der Waals surface area contributed by atoms with Gasteiger partial charge < -0.3 is 14.5 Å². The summed E-state index contributed by atoms with van der Waals surface area (Å²) >= 11 is 0. The van der Waals surface area contributed by atoms with Crippen molar-refractivity contribution in [3.63, 3.8) is 0 Å². The molecule has 1 aromatic carbocycles. The average molecular weight is 385 g/mol. The van der Waals surface area contributed by atoms with Crippen molar-refractivity contribution >= 4 is 5.91 Å². The van der Waals surface area contributed by atoms with E-state index in [2.05, 4.69) is 10.00 Å². The number of amides is 1. The number of hydrogen-bond donors (Lipinski definition) is 0. The van der Waals surface area contributed by atoms with Crippen LogP contribution in [0.3, 0.4) is 0 Å². The van der Waals surface area contributed by atoms with Gasteiger partial charge in [-0.25, -0.2) is 0 Å². The number of benzene rings is 1. The highest BCUT2D eigenvalue weighted by molar-refractivity contribution is 5.95. The third kappa shape index (κ3) is 4.80. The van der Waals surface area contributed by atoms with Crippen LogP contribution in [0.5, 0.6) is 0 Å². The summed E-state index contributed by atoms with van der Waals surface area (Å²) in [7, 11) is 5.60. The first kappa shape index (κ1) is 20.6. The number of nitrogens with zero attached hydrogens (tertiary/aromatic N) is 4. The minimum Gasteiger partial charge on any atom is -0.383 e. The molecule has 2 heterocycles. The Morgan fingerprint density at radius 3 is 2.71 bits per heavy atom. The molecule has 0 aliphatic carbocycles. The van der Waals surface area contributed by atoms with Crippen molar-refractivity contribution in [1.29, 1.82) is 0 Å². The fraction of sp³-hybridized carbons (Fsp3) is 0.545. The van der Waals surface area contributed by atoms with Gasteiger partial charge in [0.2, 0.25) is 0 Å². The largest absolute Gasteiger partial charge is 0.383 e. The number of aromatic nitrogens is 2. The molecule has 1 saturated heterocycles. The monoisotopic (exact) mass is 384 g/mol. The second-order valence-electron chi connectivity index (χ2n) is 7.81. The number of likely N-dealkylation sites (tertiary alicyclic amines) is 1. The second kappa shape index (κ2) is 9.34. The zero-order valence-corrected chi connectivity index (χ0v) is 17.5. The van der Waals surface area contributed by atoms with E-state index in [1.165, 1.54) is 0 Å². The Kier molecular flexibility index (Phi) is 6.86. The molecule has 0 saturated carbocycles. The lowest BCUT2D eigenvalue weighted by Crippen LogP contribution is -2.40. The standard InChI is InChI=1S/C22H32N4O2/c1-17-21(15-23-25(17)3)19-6-5-7-20(14-19)22(27)24(2)16-18-8-10-26(11-9-18)12-13-28-4/h5-7,14-15,18H,8-13,16H2,1-4H3. The summed E-state index contributed by atoms with van der Waals surface area (Å²) in [6.07, 6.45) is 4.13. The maximum Gasteiger partial charge on any atom is 0.253 e. The normalized spacial score (nSPS) is 15.7. The molecule has 1 aliphatic heterocycles. The molecule has 1 amide bonds. The summed E-state index contributed by atoms with van der Waals surface area (Å²) < 4.78 is 7.02. The van der Waals surface area contributed by atoms with Crippen molar-refractivity contribution < 1.29 is 9.53 Å². The van der Waals surface area contributed by atoms with Gasteiger partial charge in [0.25, 0.3) is 5.91 Å². The Bertz CT molecular complexity index is 794. The fourth-order valence-electron chi connectivity index (χ4n) is 3.91. The quantitative estimate of drug-likeness (QED) is 0.737. The highest BCUT2D eigenvalue weighted by atomic mass is 16.5. The zero-order chi connectivity index (χ0) is 20.1. The van der Waals surface area contributed by atoms with Crippen molar-refractivity contribution in [2.75, 3.05) is 46.9 Å². The van der Waals surface area contributed by atoms with E-state index >= 15 is 0 Å². The molecule has 0 atom stereocenters. The lowest BCUT2D eigenvalue weighted by molar-refractivity contribution is 0.0724. The number of hydrogen-bond acceptors (Lipinski definition) is 4. The van der Waals surface area contributed by atoms with Gasteiger partial charge in [-0.1, -0.05) is 12.1 Å². The van der Waals surface area contributed by atoms with Crippen LogP contribution in [-0.4, -0.2) is 72.4 Å². The van der Waals surface area contributed by atoms with Gasteiger partial charge >= 0.3 is 0 Å². The molecule has 1 fully saturated rings. The molecule has 0 N–H and O–H groups in total. The number of ether oxygens (including phenoxy) is 1. The maximum absolute atomic E-state index is 13.0. The molecule has 0 radical (unpaired) electrons. The zero-order valence-electron chi connectivity index (χ0n) is 17.5. The van der Waals surface area contributed by atoms with E-state index in [0.717, 1.165) is 68.0 Å². The molecule has 0 spiro atoms. The average Bonchev–Trinajstić information content (AvgIpc) is 3.05. The van der Waals surface area contributed by atoms with E-state index in [-0.39, 0.29) is 5.91 Å². The van der Waals surface area contributed by atoms with Crippen LogP contribution < -0.4 is 0 Å². The predicted molar refractivity (Wildman–Crippen MR) is 111 cm³/mol. The van der Waals surface area contributed by atoms with Crippen molar-refractivity contribution in [2.45, 2.75) is 19.8 Å². The van der Waals surface area contributed by atoms with E-state index in [4.69, 9.17) is 4.74 Å². The summed E-state index contributed by atoms with van der Waals surface area (Å²) in [4.78, 5) is 17.3. The van der Waals surface area contributed by atoms with Crippen LogP contribution in [0.25, 0.3) is 11.1 Å². The molecule has 1 aromatic heterocycles. The molecular formula is C22H32N4O2. The van der Waals surface area contributed by atoms with Gasteiger partial charge in [0.1, 0.15) is 0 Å². The lowest BCUT2D eigenvalue weighted by atomic mass is 9.96. The summed E-state index contributed by atoms with van der Waals surface area (Å²) in [5.74, 6) is 0.654. The Labute approximate surface area is 168 Å². The van der Waals surface area contributed by atoms with Crippen LogP contribution in [0, 0.1) is 12.8 Å². The highest BCUT2D eigenvalue weighted by Gasteiger charge is 2.22. The third-order valence-corrected chi connectivity index (χ3v) is 5.85. The molecule has 2 aromatic rings. The van der Waals surface area contributed by atoms with Crippen LogP contribution in [0.15, 0.2) is 30.5 Å². The van der Waals surface area contributed by atoms with E-state index in [1.807, 2.05) is 61.1 Å². The fourth-order valence-corrected chi connectivity index (χ4v) is 3.91. The maximum atomic E-state index is 13.0. The number of aryl methyl sites for hydroxylation is 1. The van der Waals surface area contributed by atoms with Gasteiger partial charge in [-0.15, -0.1) is 0 Å². The van der Waals surface area contributed by atoms with Crippen LogP contribution in [0.4, 0.5) is 0 Å². The molecule has 1 aliphatic rings. The van der Waals surface area contributed by atoms with Gasteiger partial charge in [0.15, 0.2) is 0 Å². The molecular weight excluding hydrogens is 352 g/mol. The highest BCUT2D eigenvalue weighted by Crippen LogP contribution is 2.24. The molecule has 6 nitrogen and oxygen atoms in total. The number of carbonyl (C=O) groups excluding carboxylic acids is 1. The van der Waals surface area contributed by atoms with Gasteiger partial charge in [-0.2, -0.15) is 5.10 Å². The van der Waals surface area contributed by atoms with E-state index in [1.54, 1.807) is 7.11 Å². The van der Waals surface area contributed by atoms with Crippen molar-refractivity contribution in [1.82, 2.24) is 19.6 Å². The van der Waals surface area contributed by atoms with Gasteiger partial charge in [-0.05, 0) is 56.5 Å². The molecule has 152 valence electrons. The van der Waals surface area contributed by atoms with Crippen molar-refractivity contribution in [3.8, 4) is 11.1 Å². The minimum absolute atomic E-state index is 0.0882. The first-order chi connectivity index (χ1) is 13.5. The van der Waals surface area contributed by atoms with Gasteiger partial charge in [0.05, 0.1) is 12.8 Å². The molecule has 0 unspecified atom stereocenters. The Hall–Kier alpha value is -2.18. The van der Waals surface area contributed by atoms with Gasteiger partial charge in [0, 0.05) is 51.1 Å². The molecule has 28 heavy (non-hydrogen) atoms. The first-order valence-electron chi connectivity index (χ1n) is 10.1. The summed E-state index contributed by atoms with van der Waals surface area (Å²) in [5, 5.41) is 4.31. The summed E-state index contributed by atoms with van der Waals surface area (Å²) in [6.45, 7) is 6.82. The number of rotatable bonds is 7. The minimum atomic E-state index is 0.0882. The smallest absolute Gasteiger partial charge is 0.253 e. The van der Waals surface area contributed by atoms with Crippen molar-refractivity contribution in [3.05, 3.63) is 41.7 Å². The summed E-state index contributed by atoms with van der Waals surface area (Å²) in [6, 6.07) is 7.88. The Morgan fingerprint density at radius 2 is 2.07 bits per heavy atom. The van der Waals surface area contributed by atoms with Crippen LogP contribution in [0.2, 0.25) is 0 Å². The number of methoxy groups -OCH3 is 1. The van der Waals surface area contributed by atoms with Gasteiger partial charge in [-0.3, -0.25) is 9.48 Å². The second-order valence-corrected chi connectivity index (χ2v) is 7.81. The van der Waals surface area contributed by atoms with Crippen LogP contribution >= 0.6 is 0 Å². The van der Waals surface area contributed by atoms with Crippen LogP contribution in [0.1, 0.15) is 28.9 Å². The summed E-state index contributed by atoms with van der Waals surface area (Å²) in [5.41, 5.74) is 3.94. The Morgan fingerprint density at radius 1 is 1.32 bits per heavy atom. The first-order valence-corrected chi connectivity index (χ1v) is 10.1. The predicted octanol–water partition coefficient (Wildman–Crippen LogP) is 2.83. The van der Waals surface area contributed by atoms with Crippen molar-refractivity contribution in [2.24, 2.45) is 13.0 Å². The lowest BCUT2D eigenvalue weighted by Gasteiger charge is -2.33. The number of piperidine rings is 1. The van der Waals surface area contributed by atoms with E-state index < -0.39 is 0 Å². The number of carbonyl (C=O) groups is 1. The van der Waals surface area contributed by atoms with Crippen LogP contribution in [-0.2, 0) is 11.8 Å². The van der Waals surface area contributed by atoms with E-state index in [0.29, 0.717) is 5.92 Å². The molecule has 6 heteroatoms. The topological polar surface area (TPSA) is 50.6 Å².